The van der Waals surface area contributed by atoms with Gasteiger partial charge >= 0.3 is 0 Å². The lowest BCUT2D eigenvalue weighted by atomic mass is 10.0. The second-order valence-corrected chi connectivity index (χ2v) is 8.24. The highest BCUT2D eigenvalue weighted by molar-refractivity contribution is 6.01. The molecule has 172 valence electrons. The van der Waals surface area contributed by atoms with Gasteiger partial charge in [-0.2, -0.15) is 0 Å². The van der Waals surface area contributed by atoms with Crippen molar-refractivity contribution >= 4 is 22.6 Å². The lowest BCUT2D eigenvalue weighted by Crippen LogP contribution is -2.51. The predicted molar refractivity (Wildman–Crippen MR) is 122 cm³/mol. The average molecular weight is 442 g/mol. The molecular weight excluding hydrogens is 410 g/mol. The Morgan fingerprint density at radius 2 is 1.50 bits per heavy atom. The molecule has 4 rings (SSSR count). The van der Waals surface area contributed by atoms with Gasteiger partial charge in [0.2, 0.25) is 11.7 Å². The molecule has 2 aromatic rings. The normalized spacial score (nSPS) is 17.0. The Morgan fingerprint density at radius 3 is 2.12 bits per heavy atom. The first kappa shape index (κ1) is 22.2. The van der Waals surface area contributed by atoms with Crippen molar-refractivity contribution in [3.63, 3.8) is 0 Å². The number of likely N-dealkylation sites (tertiary alicyclic amines) is 1. The van der Waals surface area contributed by atoms with E-state index in [0.29, 0.717) is 55.5 Å². The molecule has 2 aromatic carbocycles. The van der Waals surface area contributed by atoms with Gasteiger partial charge in [-0.15, -0.1) is 0 Å². The van der Waals surface area contributed by atoms with E-state index in [-0.39, 0.29) is 11.8 Å². The second kappa shape index (κ2) is 9.65. The fourth-order valence-corrected chi connectivity index (χ4v) is 4.56. The highest BCUT2D eigenvalue weighted by Crippen LogP contribution is 2.43. The van der Waals surface area contributed by atoms with Crippen molar-refractivity contribution in [2.75, 3.05) is 67.1 Å². The van der Waals surface area contributed by atoms with E-state index in [2.05, 4.69) is 4.90 Å². The minimum absolute atomic E-state index is 0.00817. The Labute approximate surface area is 188 Å². The average Bonchev–Trinajstić information content (AvgIpc) is 3.37. The summed E-state index contributed by atoms with van der Waals surface area (Å²) in [5, 5.41) is 1.70. The second-order valence-electron chi connectivity index (χ2n) is 8.24. The van der Waals surface area contributed by atoms with Crippen molar-refractivity contribution in [2.45, 2.75) is 12.8 Å². The Kier molecular flexibility index (Phi) is 6.69. The molecule has 2 amide bonds. The van der Waals surface area contributed by atoms with Gasteiger partial charge in [-0.25, -0.2) is 0 Å². The van der Waals surface area contributed by atoms with Crippen molar-refractivity contribution < 1.29 is 23.8 Å². The van der Waals surface area contributed by atoms with Crippen molar-refractivity contribution in [2.24, 2.45) is 0 Å². The van der Waals surface area contributed by atoms with Crippen LogP contribution in [0.5, 0.6) is 17.2 Å². The maximum Gasteiger partial charge on any atom is 0.253 e. The smallest absolute Gasteiger partial charge is 0.253 e. The van der Waals surface area contributed by atoms with Crippen LogP contribution in [0.25, 0.3) is 10.8 Å². The number of rotatable bonds is 6. The summed E-state index contributed by atoms with van der Waals surface area (Å²) in [6, 6.07) is 7.43. The number of amides is 2. The topological polar surface area (TPSA) is 71.6 Å². The minimum Gasteiger partial charge on any atom is -0.493 e. The standard InChI is InChI=1S/C24H31N3O5/c1-30-20-15-18-14-17(6-7-19(18)22(31-2)23(20)32-3)24(29)27-12-10-25(11-13-27)16-21(28)26-8-4-5-9-26/h6-7,14-15H,4-5,8-13,16H2,1-3H3. The van der Waals surface area contributed by atoms with E-state index in [1.165, 1.54) is 0 Å². The Balaban J connectivity index is 1.45. The summed E-state index contributed by atoms with van der Waals surface area (Å²) in [6.45, 7) is 4.83. The van der Waals surface area contributed by atoms with E-state index in [9.17, 15) is 9.59 Å². The van der Waals surface area contributed by atoms with Gasteiger partial charge in [0.1, 0.15) is 0 Å². The number of nitrogens with zero attached hydrogens (tertiary/aromatic N) is 3. The van der Waals surface area contributed by atoms with Gasteiger partial charge in [-0.1, -0.05) is 0 Å². The maximum absolute atomic E-state index is 13.2. The third-order valence-corrected chi connectivity index (χ3v) is 6.37. The number of carbonyl (C=O) groups excluding carboxylic acids is 2. The summed E-state index contributed by atoms with van der Waals surface area (Å²) in [4.78, 5) is 31.5. The number of methoxy groups -OCH3 is 3. The summed E-state index contributed by atoms with van der Waals surface area (Å²) in [5.41, 5.74) is 0.619. The van der Waals surface area contributed by atoms with Crippen LogP contribution >= 0.6 is 0 Å². The summed E-state index contributed by atoms with van der Waals surface area (Å²) in [6.07, 6.45) is 2.20. The molecule has 2 aliphatic heterocycles. The highest BCUT2D eigenvalue weighted by Gasteiger charge is 2.26. The van der Waals surface area contributed by atoms with Gasteiger partial charge in [0, 0.05) is 50.2 Å². The summed E-state index contributed by atoms with van der Waals surface area (Å²) in [7, 11) is 4.73. The van der Waals surface area contributed by atoms with Crippen LogP contribution in [-0.4, -0.2) is 93.7 Å². The zero-order chi connectivity index (χ0) is 22.7. The van der Waals surface area contributed by atoms with E-state index in [4.69, 9.17) is 14.2 Å². The molecule has 8 heteroatoms. The third kappa shape index (κ3) is 4.32. The fourth-order valence-electron chi connectivity index (χ4n) is 4.56. The fraction of sp³-hybridized carbons (Fsp3) is 0.500. The van der Waals surface area contributed by atoms with Gasteiger partial charge < -0.3 is 24.0 Å². The lowest BCUT2D eigenvalue weighted by Gasteiger charge is -2.35. The number of ether oxygens (including phenoxy) is 3. The van der Waals surface area contributed by atoms with Crippen molar-refractivity contribution in [1.82, 2.24) is 14.7 Å². The molecule has 0 saturated carbocycles. The van der Waals surface area contributed by atoms with Crippen LogP contribution in [0.2, 0.25) is 0 Å². The largest absolute Gasteiger partial charge is 0.493 e. The van der Waals surface area contributed by atoms with Gasteiger partial charge in [-0.05, 0) is 42.5 Å². The molecule has 0 aromatic heterocycles. The summed E-state index contributed by atoms with van der Waals surface area (Å²) in [5.74, 6) is 1.86. The quantitative estimate of drug-likeness (QED) is 0.685. The highest BCUT2D eigenvalue weighted by atomic mass is 16.5. The van der Waals surface area contributed by atoms with Crippen LogP contribution in [0.3, 0.4) is 0 Å². The number of hydrogen-bond acceptors (Lipinski definition) is 6. The first-order chi connectivity index (χ1) is 15.5. The molecule has 0 N–H and O–H groups in total. The van der Waals surface area contributed by atoms with Crippen LogP contribution in [0, 0.1) is 0 Å². The van der Waals surface area contributed by atoms with Crippen molar-refractivity contribution in [3.8, 4) is 17.2 Å². The van der Waals surface area contributed by atoms with Crippen LogP contribution in [0.15, 0.2) is 24.3 Å². The number of fused-ring (bicyclic) bond motifs is 1. The molecule has 2 heterocycles. The molecule has 0 bridgehead atoms. The molecule has 32 heavy (non-hydrogen) atoms. The van der Waals surface area contributed by atoms with Crippen molar-refractivity contribution in [3.05, 3.63) is 29.8 Å². The zero-order valence-corrected chi connectivity index (χ0v) is 19.1. The Bertz CT molecular complexity index is 995. The predicted octanol–water partition coefficient (Wildman–Crippen LogP) is 2.25. The molecule has 0 radical (unpaired) electrons. The molecule has 2 saturated heterocycles. The van der Waals surface area contributed by atoms with Gasteiger partial charge in [0.05, 0.1) is 27.9 Å². The third-order valence-electron chi connectivity index (χ3n) is 6.37. The Morgan fingerprint density at radius 1 is 0.812 bits per heavy atom. The van der Waals surface area contributed by atoms with E-state index in [0.717, 1.165) is 36.7 Å². The molecule has 0 spiro atoms. The molecule has 2 fully saturated rings. The number of benzene rings is 2. The molecule has 0 atom stereocenters. The van der Waals surface area contributed by atoms with Crippen molar-refractivity contribution in [1.29, 1.82) is 0 Å². The zero-order valence-electron chi connectivity index (χ0n) is 19.1. The van der Waals surface area contributed by atoms with Gasteiger partial charge in [0.15, 0.2) is 11.5 Å². The SMILES string of the molecule is COc1cc2cc(C(=O)N3CCN(CC(=O)N4CCCC4)CC3)ccc2c(OC)c1OC. The van der Waals surface area contributed by atoms with Gasteiger partial charge in [-0.3, -0.25) is 14.5 Å². The minimum atomic E-state index is -0.00817. The van der Waals surface area contributed by atoms with E-state index in [1.54, 1.807) is 21.3 Å². The maximum atomic E-state index is 13.2. The first-order valence-electron chi connectivity index (χ1n) is 11.1. The first-order valence-corrected chi connectivity index (χ1v) is 11.1. The Hall–Kier alpha value is -3.00. The van der Waals surface area contributed by atoms with Crippen LogP contribution in [0.1, 0.15) is 23.2 Å². The summed E-state index contributed by atoms with van der Waals surface area (Å²) < 4.78 is 16.5. The number of piperazine rings is 1. The molecular formula is C24H31N3O5. The van der Waals surface area contributed by atoms with Crippen LogP contribution in [0.4, 0.5) is 0 Å². The lowest BCUT2D eigenvalue weighted by molar-refractivity contribution is -0.131. The van der Waals surface area contributed by atoms with E-state index >= 15 is 0 Å². The molecule has 8 nitrogen and oxygen atoms in total. The molecule has 0 aliphatic carbocycles. The van der Waals surface area contributed by atoms with Gasteiger partial charge in [0.25, 0.3) is 5.91 Å². The molecule has 2 aliphatic rings. The monoisotopic (exact) mass is 441 g/mol. The van der Waals surface area contributed by atoms with E-state index < -0.39 is 0 Å². The van der Waals surface area contributed by atoms with E-state index in [1.807, 2.05) is 34.1 Å². The number of carbonyl (C=O) groups is 2. The number of hydrogen-bond donors (Lipinski definition) is 0. The van der Waals surface area contributed by atoms with Crippen LogP contribution in [-0.2, 0) is 4.79 Å². The van der Waals surface area contributed by atoms with Crippen LogP contribution < -0.4 is 14.2 Å². The molecule has 0 unspecified atom stereocenters. The summed E-state index contributed by atoms with van der Waals surface area (Å²) >= 11 is 0.